The number of nitrogens with one attached hydrogen (secondary N) is 1. The molecule has 2 heterocycles. The Kier molecular flexibility index (Phi) is 2.95. The Morgan fingerprint density at radius 1 is 1.47 bits per heavy atom. The van der Waals surface area contributed by atoms with Crippen LogP contribution in [0.1, 0.15) is 12.1 Å². The number of aryl methyl sites for hydroxylation is 1. The lowest BCUT2D eigenvalue weighted by atomic mass is 10.2. The number of anilines is 1. The summed E-state index contributed by atoms with van der Waals surface area (Å²) >= 11 is 0. The molecule has 0 saturated carbocycles. The van der Waals surface area contributed by atoms with Crippen LogP contribution in [0.15, 0.2) is 12.3 Å². The molecule has 0 aliphatic carbocycles. The van der Waals surface area contributed by atoms with E-state index in [4.69, 9.17) is 4.74 Å². The molecule has 1 fully saturated rings. The van der Waals surface area contributed by atoms with E-state index in [1.165, 1.54) is 12.0 Å². The van der Waals surface area contributed by atoms with Crippen molar-refractivity contribution < 1.29 is 14.3 Å². The molecule has 0 radical (unpaired) electrons. The molecule has 90 valence electrons. The Morgan fingerprint density at radius 2 is 2.24 bits per heavy atom. The highest BCUT2D eigenvalue weighted by Crippen LogP contribution is 2.28. The second-order valence-corrected chi connectivity index (χ2v) is 3.75. The summed E-state index contributed by atoms with van der Waals surface area (Å²) in [5.74, 6) is 0.260. The van der Waals surface area contributed by atoms with Gasteiger partial charge in [-0.15, -0.1) is 0 Å². The number of nitrogens with zero attached hydrogens (tertiary/aromatic N) is 2. The maximum absolute atomic E-state index is 11.7. The predicted octanol–water partition coefficient (Wildman–Crippen LogP) is 0.845. The number of imide groups is 1. The van der Waals surface area contributed by atoms with E-state index in [0.717, 1.165) is 5.69 Å². The lowest BCUT2D eigenvalue weighted by molar-refractivity contribution is -0.120. The molecule has 1 aromatic heterocycles. The highest BCUT2D eigenvalue weighted by molar-refractivity contribution is 6.06. The van der Waals surface area contributed by atoms with Crippen molar-refractivity contribution in [3.8, 4) is 5.75 Å². The first-order valence-electron chi connectivity index (χ1n) is 5.24. The lowest BCUT2D eigenvalue weighted by Gasteiger charge is -2.27. The number of aromatic nitrogens is 1. The van der Waals surface area contributed by atoms with Gasteiger partial charge >= 0.3 is 6.03 Å². The van der Waals surface area contributed by atoms with Crippen LogP contribution in [0.25, 0.3) is 0 Å². The topological polar surface area (TPSA) is 71.5 Å². The SMILES string of the molecule is COc1cnc(C)cc1N1CCC(=O)NC1=O. The Labute approximate surface area is 98.6 Å². The van der Waals surface area contributed by atoms with Gasteiger partial charge in [0.25, 0.3) is 0 Å². The third-order valence-corrected chi connectivity index (χ3v) is 2.55. The minimum Gasteiger partial charge on any atom is -0.493 e. The molecule has 6 heteroatoms. The molecular formula is C11H13N3O3. The first-order valence-corrected chi connectivity index (χ1v) is 5.24. The second kappa shape index (κ2) is 4.40. The van der Waals surface area contributed by atoms with E-state index < -0.39 is 6.03 Å². The van der Waals surface area contributed by atoms with Crippen LogP contribution >= 0.6 is 0 Å². The van der Waals surface area contributed by atoms with Crippen LogP contribution in [0, 0.1) is 6.92 Å². The molecule has 17 heavy (non-hydrogen) atoms. The van der Waals surface area contributed by atoms with Gasteiger partial charge in [0.15, 0.2) is 5.75 Å². The number of rotatable bonds is 2. The average Bonchev–Trinajstić information content (AvgIpc) is 2.29. The van der Waals surface area contributed by atoms with Gasteiger partial charge in [-0.3, -0.25) is 20.0 Å². The molecule has 0 atom stereocenters. The van der Waals surface area contributed by atoms with Gasteiger partial charge in [0.05, 0.1) is 19.0 Å². The van der Waals surface area contributed by atoms with Crippen molar-refractivity contribution in [2.75, 3.05) is 18.6 Å². The molecule has 3 amide bonds. The normalized spacial score (nSPS) is 15.8. The van der Waals surface area contributed by atoms with Gasteiger partial charge in [0.2, 0.25) is 5.91 Å². The van der Waals surface area contributed by atoms with Crippen molar-refractivity contribution >= 4 is 17.6 Å². The van der Waals surface area contributed by atoms with Crippen molar-refractivity contribution in [3.63, 3.8) is 0 Å². The number of carbonyl (C=O) groups excluding carboxylic acids is 2. The maximum atomic E-state index is 11.7. The molecule has 2 rings (SSSR count). The van der Waals surface area contributed by atoms with Crippen molar-refractivity contribution in [3.05, 3.63) is 18.0 Å². The third kappa shape index (κ3) is 2.20. The summed E-state index contributed by atoms with van der Waals surface area (Å²) in [6, 6.07) is 1.33. The molecule has 1 saturated heterocycles. The molecule has 0 bridgehead atoms. The first kappa shape index (κ1) is 11.4. The fourth-order valence-corrected chi connectivity index (χ4v) is 1.70. The predicted molar refractivity (Wildman–Crippen MR) is 61.0 cm³/mol. The van der Waals surface area contributed by atoms with E-state index in [-0.39, 0.29) is 12.3 Å². The number of methoxy groups -OCH3 is 1. The zero-order valence-electron chi connectivity index (χ0n) is 9.69. The summed E-state index contributed by atoms with van der Waals surface area (Å²) in [5, 5.41) is 2.27. The minimum absolute atomic E-state index is 0.254. The summed E-state index contributed by atoms with van der Waals surface area (Å²) in [7, 11) is 1.52. The van der Waals surface area contributed by atoms with Crippen LogP contribution in [0.3, 0.4) is 0 Å². The van der Waals surface area contributed by atoms with Crippen LogP contribution in [0.2, 0.25) is 0 Å². The zero-order valence-corrected chi connectivity index (χ0v) is 9.69. The van der Waals surface area contributed by atoms with Crippen molar-refractivity contribution in [2.24, 2.45) is 0 Å². The van der Waals surface area contributed by atoms with Crippen molar-refractivity contribution in [1.82, 2.24) is 10.3 Å². The smallest absolute Gasteiger partial charge is 0.328 e. The molecular weight excluding hydrogens is 222 g/mol. The summed E-state index contributed by atoms with van der Waals surface area (Å²) in [5.41, 5.74) is 1.41. The van der Waals surface area contributed by atoms with Crippen LogP contribution < -0.4 is 15.0 Å². The Morgan fingerprint density at radius 3 is 2.88 bits per heavy atom. The molecule has 1 N–H and O–H groups in total. The number of ether oxygens (including phenoxy) is 1. The van der Waals surface area contributed by atoms with Crippen molar-refractivity contribution in [2.45, 2.75) is 13.3 Å². The largest absolute Gasteiger partial charge is 0.493 e. The Bertz CT molecular complexity index is 473. The number of hydrogen-bond donors (Lipinski definition) is 1. The molecule has 1 aliphatic rings. The summed E-state index contributed by atoms with van der Waals surface area (Å²) in [6.45, 7) is 2.18. The number of hydrogen-bond acceptors (Lipinski definition) is 4. The summed E-state index contributed by atoms with van der Waals surface area (Å²) in [4.78, 5) is 28.3. The highest BCUT2D eigenvalue weighted by atomic mass is 16.5. The van der Waals surface area contributed by atoms with Crippen LogP contribution in [0.4, 0.5) is 10.5 Å². The number of urea groups is 1. The van der Waals surface area contributed by atoms with Crippen molar-refractivity contribution in [1.29, 1.82) is 0 Å². The summed E-state index contributed by atoms with van der Waals surface area (Å²) in [6.07, 6.45) is 1.85. The van der Waals surface area contributed by atoms with Gasteiger partial charge in [0.1, 0.15) is 0 Å². The van der Waals surface area contributed by atoms with Gasteiger partial charge in [0, 0.05) is 18.7 Å². The van der Waals surface area contributed by atoms with Crippen LogP contribution in [-0.2, 0) is 4.79 Å². The average molecular weight is 235 g/mol. The monoisotopic (exact) mass is 235 g/mol. The fourth-order valence-electron chi connectivity index (χ4n) is 1.70. The van der Waals surface area contributed by atoms with E-state index >= 15 is 0 Å². The van der Waals surface area contributed by atoms with Crippen LogP contribution in [-0.4, -0.2) is 30.6 Å². The highest BCUT2D eigenvalue weighted by Gasteiger charge is 2.26. The van der Waals surface area contributed by atoms with E-state index in [1.807, 2.05) is 6.92 Å². The van der Waals surface area contributed by atoms with Gasteiger partial charge in [-0.05, 0) is 13.0 Å². The number of carbonyl (C=O) groups is 2. The number of amides is 3. The van der Waals surface area contributed by atoms with Gasteiger partial charge in [-0.25, -0.2) is 4.79 Å². The number of pyridine rings is 1. The standard InChI is InChI=1S/C11H13N3O3/c1-7-5-8(9(17-2)6-12-7)14-4-3-10(15)13-11(14)16/h5-6H,3-4H2,1-2H3,(H,13,15,16). The molecule has 0 unspecified atom stereocenters. The molecule has 0 spiro atoms. The third-order valence-electron chi connectivity index (χ3n) is 2.55. The van der Waals surface area contributed by atoms with E-state index in [0.29, 0.717) is 18.0 Å². The second-order valence-electron chi connectivity index (χ2n) is 3.75. The molecule has 0 aromatic carbocycles. The fraction of sp³-hybridized carbons (Fsp3) is 0.364. The van der Waals surface area contributed by atoms with Crippen LogP contribution in [0.5, 0.6) is 5.75 Å². The van der Waals surface area contributed by atoms with Gasteiger partial charge in [-0.1, -0.05) is 0 Å². The van der Waals surface area contributed by atoms with E-state index in [1.54, 1.807) is 12.3 Å². The molecule has 6 nitrogen and oxygen atoms in total. The zero-order chi connectivity index (χ0) is 12.4. The lowest BCUT2D eigenvalue weighted by Crippen LogP contribution is -2.49. The Hall–Kier alpha value is -2.11. The maximum Gasteiger partial charge on any atom is 0.328 e. The quantitative estimate of drug-likeness (QED) is 0.824. The molecule has 1 aromatic rings. The molecule has 1 aliphatic heterocycles. The minimum atomic E-state index is -0.426. The van der Waals surface area contributed by atoms with E-state index in [9.17, 15) is 9.59 Å². The Balaban J connectivity index is 2.35. The van der Waals surface area contributed by atoms with E-state index in [2.05, 4.69) is 10.3 Å². The first-order chi connectivity index (χ1) is 8.11. The van der Waals surface area contributed by atoms with Gasteiger partial charge < -0.3 is 4.74 Å². The van der Waals surface area contributed by atoms with Gasteiger partial charge in [-0.2, -0.15) is 0 Å². The summed E-state index contributed by atoms with van der Waals surface area (Å²) < 4.78 is 5.16.